The van der Waals surface area contributed by atoms with Crippen molar-refractivity contribution < 1.29 is 22.7 Å². The average Bonchev–Trinajstić information content (AvgIpc) is 2.80. The Hall–Kier alpha value is -3.62. The number of anilines is 1. The van der Waals surface area contributed by atoms with E-state index in [-0.39, 0.29) is 0 Å². The molecule has 4 rings (SSSR count). The van der Waals surface area contributed by atoms with Gasteiger partial charge in [0.15, 0.2) is 0 Å². The first-order valence-electron chi connectivity index (χ1n) is 10.5. The van der Waals surface area contributed by atoms with Crippen LogP contribution in [0, 0.1) is 6.92 Å². The predicted octanol–water partition coefficient (Wildman–Crippen LogP) is 4.72. The summed E-state index contributed by atoms with van der Waals surface area (Å²) in [6.45, 7) is 4.36. The predicted molar refractivity (Wildman–Crippen MR) is 117 cm³/mol. The zero-order valence-electron chi connectivity index (χ0n) is 18.0. The number of amides is 1. The van der Waals surface area contributed by atoms with Crippen LogP contribution in [0.2, 0.25) is 0 Å². The van der Waals surface area contributed by atoms with Gasteiger partial charge in [0.05, 0.1) is 5.56 Å². The quantitative estimate of drug-likeness (QED) is 0.569. The molecule has 0 aliphatic carbocycles. The molecule has 0 atom stereocenters. The van der Waals surface area contributed by atoms with Gasteiger partial charge in [-0.2, -0.15) is 13.2 Å². The van der Waals surface area contributed by atoms with Crippen LogP contribution in [0.5, 0.6) is 5.75 Å². The highest BCUT2D eigenvalue weighted by atomic mass is 19.4. The number of alkyl halides is 3. The zero-order valence-corrected chi connectivity index (χ0v) is 18.0. The number of benzene rings is 1. The van der Waals surface area contributed by atoms with E-state index in [0.29, 0.717) is 44.0 Å². The first-order chi connectivity index (χ1) is 15.8. The Morgan fingerprint density at radius 1 is 1.00 bits per heavy atom. The van der Waals surface area contributed by atoms with Crippen LogP contribution >= 0.6 is 0 Å². The molecule has 1 aliphatic heterocycles. The number of aromatic nitrogens is 2. The number of nitrogens with zero attached hydrogens (tertiary/aromatic N) is 4. The van der Waals surface area contributed by atoms with Gasteiger partial charge in [0, 0.05) is 50.2 Å². The summed E-state index contributed by atoms with van der Waals surface area (Å²) in [5, 5.41) is 0. The summed E-state index contributed by atoms with van der Waals surface area (Å²) in [6, 6.07) is 15.1. The molecule has 1 aliphatic rings. The summed E-state index contributed by atoms with van der Waals surface area (Å²) in [7, 11) is 0. The highest BCUT2D eigenvalue weighted by molar-refractivity contribution is 5.71. The number of hydrogen-bond acceptors (Lipinski definition) is 5. The number of piperazine rings is 1. The van der Waals surface area contributed by atoms with Gasteiger partial charge in [0.25, 0.3) is 0 Å². The number of carbonyl (C=O) groups is 1. The van der Waals surface area contributed by atoms with Crippen LogP contribution in [0.1, 0.15) is 22.5 Å². The van der Waals surface area contributed by atoms with Gasteiger partial charge in [-0.1, -0.05) is 18.2 Å². The van der Waals surface area contributed by atoms with Gasteiger partial charge in [0.2, 0.25) is 0 Å². The molecule has 0 bridgehead atoms. The number of hydrogen-bond donors (Lipinski definition) is 0. The second kappa shape index (κ2) is 9.48. The molecule has 3 aromatic rings. The van der Waals surface area contributed by atoms with E-state index in [1.807, 2.05) is 25.1 Å². The van der Waals surface area contributed by atoms with Crippen LogP contribution in [0.25, 0.3) is 0 Å². The third-order valence-corrected chi connectivity index (χ3v) is 5.40. The van der Waals surface area contributed by atoms with Crippen molar-refractivity contribution in [3.05, 3.63) is 83.3 Å². The van der Waals surface area contributed by atoms with Gasteiger partial charge < -0.3 is 14.5 Å². The summed E-state index contributed by atoms with van der Waals surface area (Å²) in [4.78, 5) is 24.7. The smallest absolute Gasteiger partial charge is 0.410 e. The number of pyridine rings is 2. The maximum absolute atomic E-state index is 12.7. The number of halogens is 3. The number of rotatable bonds is 4. The van der Waals surface area contributed by atoms with Crippen LogP contribution in [-0.2, 0) is 12.6 Å². The van der Waals surface area contributed by atoms with Crippen molar-refractivity contribution in [2.45, 2.75) is 19.5 Å². The first-order valence-corrected chi connectivity index (χ1v) is 10.5. The summed E-state index contributed by atoms with van der Waals surface area (Å²) in [5.74, 6) is 1.31. The Balaban J connectivity index is 1.29. The van der Waals surface area contributed by atoms with Gasteiger partial charge in [-0.25, -0.2) is 9.78 Å². The topological polar surface area (TPSA) is 58.6 Å². The summed E-state index contributed by atoms with van der Waals surface area (Å²) < 4.78 is 43.4. The van der Waals surface area contributed by atoms with Gasteiger partial charge in [0.1, 0.15) is 11.6 Å². The fraction of sp³-hybridized carbons (Fsp3) is 0.292. The highest BCUT2D eigenvalue weighted by Gasteiger charge is 2.30. The Morgan fingerprint density at radius 2 is 1.73 bits per heavy atom. The first kappa shape index (κ1) is 22.6. The van der Waals surface area contributed by atoms with Crippen molar-refractivity contribution in [3.8, 4) is 5.75 Å². The maximum Gasteiger partial charge on any atom is 0.417 e. The molecule has 1 aromatic carbocycles. The van der Waals surface area contributed by atoms with E-state index in [4.69, 9.17) is 4.74 Å². The lowest BCUT2D eigenvalue weighted by atomic mass is 10.1. The normalized spacial score (nSPS) is 14.3. The molecule has 0 radical (unpaired) electrons. The van der Waals surface area contributed by atoms with Gasteiger partial charge in [-0.3, -0.25) is 4.98 Å². The Morgan fingerprint density at radius 3 is 2.33 bits per heavy atom. The Kier molecular flexibility index (Phi) is 6.48. The number of ether oxygens (including phenoxy) is 1. The Bertz CT molecular complexity index is 1090. The third kappa shape index (κ3) is 5.79. The van der Waals surface area contributed by atoms with E-state index in [1.165, 1.54) is 6.07 Å². The SMILES string of the molecule is Cc1cccc(N2CCN(C(=O)Oc3ccc(Cc4ccc(C(F)(F)F)cn4)cc3)CC2)n1. The minimum Gasteiger partial charge on any atom is -0.410 e. The summed E-state index contributed by atoms with van der Waals surface area (Å²) in [5.41, 5.74) is 1.55. The van der Waals surface area contributed by atoms with Crippen LogP contribution in [0.15, 0.2) is 60.8 Å². The van der Waals surface area contributed by atoms with Crippen LogP contribution in [0.4, 0.5) is 23.8 Å². The molecule has 1 saturated heterocycles. The lowest BCUT2D eigenvalue weighted by Gasteiger charge is -2.34. The van der Waals surface area contributed by atoms with Crippen LogP contribution in [0.3, 0.4) is 0 Å². The van der Waals surface area contributed by atoms with E-state index in [1.54, 1.807) is 29.2 Å². The standard InChI is InChI=1S/C24H23F3N4O2/c1-17-3-2-4-22(29-17)30-11-13-31(14-12-30)23(32)33-21-9-5-18(6-10-21)15-20-8-7-19(16-28-20)24(25,26)27/h2-10,16H,11-15H2,1H3. The lowest BCUT2D eigenvalue weighted by molar-refractivity contribution is -0.137. The van der Waals surface area contributed by atoms with E-state index in [0.717, 1.165) is 29.3 Å². The molecule has 1 fully saturated rings. The summed E-state index contributed by atoms with van der Waals surface area (Å²) in [6.07, 6.45) is -3.60. The average molecular weight is 456 g/mol. The van der Waals surface area contributed by atoms with E-state index in [2.05, 4.69) is 14.9 Å². The van der Waals surface area contributed by atoms with Gasteiger partial charge in [-0.15, -0.1) is 0 Å². The minimum atomic E-state index is -4.40. The van der Waals surface area contributed by atoms with Crippen molar-refractivity contribution in [2.24, 2.45) is 0 Å². The van der Waals surface area contributed by atoms with Crippen molar-refractivity contribution >= 4 is 11.9 Å². The Labute approximate surface area is 189 Å². The largest absolute Gasteiger partial charge is 0.417 e. The van der Waals surface area contributed by atoms with Crippen molar-refractivity contribution in [2.75, 3.05) is 31.1 Å². The number of aryl methyl sites for hydroxylation is 1. The second-order valence-electron chi connectivity index (χ2n) is 7.84. The van der Waals surface area contributed by atoms with E-state index in [9.17, 15) is 18.0 Å². The highest BCUT2D eigenvalue weighted by Crippen LogP contribution is 2.28. The molecular formula is C24H23F3N4O2. The van der Waals surface area contributed by atoms with Gasteiger partial charge >= 0.3 is 12.3 Å². The molecule has 0 saturated carbocycles. The molecular weight excluding hydrogens is 433 g/mol. The fourth-order valence-electron chi connectivity index (χ4n) is 3.57. The van der Waals surface area contributed by atoms with E-state index < -0.39 is 17.8 Å². The molecule has 2 aromatic heterocycles. The second-order valence-corrected chi connectivity index (χ2v) is 7.84. The molecule has 1 amide bonds. The minimum absolute atomic E-state index is 0.376. The van der Waals surface area contributed by atoms with E-state index >= 15 is 0 Å². The zero-order chi connectivity index (χ0) is 23.4. The van der Waals surface area contributed by atoms with Crippen LogP contribution < -0.4 is 9.64 Å². The summed E-state index contributed by atoms with van der Waals surface area (Å²) >= 11 is 0. The third-order valence-electron chi connectivity index (χ3n) is 5.40. The van der Waals surface area contributed by atoms with Crippen molar-refractivity contribution in [1.82, 2.24) is 14.9 Å². The maximum atomic E-state index is 12.7. The molecule has 172 valence electrons. The van der Waals surface area contributed by atoms with Crippen molar-refractivity contribution in [3.63, 3.8) is 0 Å². The van der Waals surface area contributed by atoms with Crippen molar-refractivity contribution in [1.29, 1.82) is 0 Å². The fourth-order valence-corrected chi connectivity index (χ4v) is 3.57. The molecule has 33 heavy (non-hydrogen) atoms. The molecule has 0 spiro atoms. The van der Waals surface area contributed by atoms with Crippen LogP contribution in [-0.4, -0.2) is 47.1 Å². The molecule has 0 N–H and O–H groups in total. The number of carbonyl (C=O) groups excluding carboxylic acids is 1. The monoisotopic (exact) mass is 456 g/mol. The molecule has 6 nitrogen and oxygen atoms in total. The van der Waals surface area contributed by atoms with Gasteiger partial charge in [-0.05, 0) is 48.9 Å². The molecule has 9 heteroatoms. The molecule has 0 unspecified atom stereocenters. The molecule has 3 heterocycles. The lowest BCUT2D eigenvalue weighted by Crippen LogP contribution is -2.49.